The van der Waals surface area contributed by atoms with Crippen molar-refractivity contribution in [2.45, 2.75) is 37.0 Å². The number of phenolic OH excluding ortho intramolecular Hbond substituents is 3. The standard InChI is InChI=1S/C24H24O3/c25-21-13-4-1-9-17(21)18-10-7-8-16-24(18,19-11-2-5-14-22(19)26)20-12-3-6-15-23(20)27/h1-6,9,11-15,18,25-27H,7-8,10,16H2. The zero-order valence-electron chi connectivity index (χ0n) is 15.2. The van der Waals surface area contributed by atoms with Gasteiger partial charge in [0.1, 0.15) is 17.2 Å². The molecule has 3 nitrogen and oxygen atoms in total. The summed E-state index contributed by atoms with van der Waals surface area (Å²) in [4.78, 5) is 0. The molecule has 1 aliphatic rings. The fourth-order valence-corrected chi connectivity index (χ4v) is 4.87. The third-order valence-corrected chi connectivity index (χ3v) is 5.99. The maximum Gasteiger partial charge on any atom is 0.119 e. The summed E-state index contributed by atoms with van der Waals surface area (Å²) in [5, 5.41) is 32.1. The minimum absolute atomic E-state index is 0.0472. The number of rotatable bonds is 3. The van der Waals surface area contributed by atoms with Crippen molar-refractivity contribution < 1.29 is 15.3 Å². The second-order valence-electron chi connectivity index (χ2n) is 7.36. The summed E-state index contributed by atoms with van der Waals surface area (Å²) in [6, 6.07) is 22.2. The second-order valence-corrected chi connectivity index (χ2v) is 7.36. The summed E-state index contributed by atoms with van der Waals surface area (Å²) >= 11 is 0. The number of phenols is 3. The molecule has 0 spiro atoms. The minimum atomic E-state index is -0.603. The lowest BCUT2D eigenvalue weighted by atomic mass is 9.57. The van der Waals surface area contributed by atoms with Crippen LogP contribution in [-0.4, -0.2) is 15.3 Å². The molecule has 1 saturated carbocycles. The lowest BCUT2D eigenvalue weighted by Gasteiger charge is -2.46. The monoisotopic (exact) mass is 360 g/mol. The van der Waals surface area contributed by atoms with E-state index in [2.05, 4.69) is 0 Å². The summed E-state index contributed by atoms with van der Waals surface area (Å²) in [5.74, 6) is 0.666. The predicted molar refractivity (Wildman–Crippen MR) is 106 cm³/mol. The quantitative estimate of drug-likeness (QED) is 0.582. The van der Waals surface area contributed by atoms with Gasteiger partial charge in [0.05, 0.1) is 0 Å². The zero-order valence-corrected chi connectivity index (χ0v) is 15.2. The first-order chi connectivity index (χ1) is 13.1. The summed E-state index contributed by atoms with van der Waals surface area (Å²) in [7, 11) is 0. The number of hydrogen-bond acceptors (Lipinski definition) is 3. The number of aromatic hydroxyl groups is 3. The molecule has 0 bridgehead atoms. The van der Waals surface area contributed by atoms with E-state index in [0.717, 1.165) is 42.4 Å². The molecule has 3 aromatic carbocycles. The molecular formula is C24H24O3. The zero-order chi connectivity index (χ0) is 18.9. The van der Waals surface area contributed by atoms with Crippen LogP contribution in [0.5, 0.6) is 17.2 Å². The number of hydrogen-bond donors (Lipinski definition) is 3. The van der Waals surface area contributed by atoms with E-state index in [1.807, 2.05) is 54.6 Å². The molecule has 1 aliphatic carbocycles. The van der Waals surface area contributed by atoms with E-state index >= 15 is 0 Å². The lowest BCUT2D eigenvalue weighted by Crippen LogP contribution is -2.38. The van der Waals surface area contributed by atoms with Crippen molar-refractivity contribution in [2.24, 2.45) is 0 Å². The normalized spacial score (nSPS) is 18.9. The van der Waals surface area contributed by atoms with E-state index < -0.39 is 5.41 Å². The molecule has 4 rings (SSSR count). The number of benzene rings is 3. The Morgan fingerprint density at radius 1 is 0.630 bits per heavy atom. The third kappa shape index (κ3) is 2.84. The Labute approximate surface area is 159 Å². The van der Waals surface area contributed by atoms with Crippen LogP contribution in [0.1, 0.15) is 48.3 Å². The van der Waals surface area contributed by atoms with E-state index in [1.54, 1.807) is 18.2 Å². The highest BCUT2D eigenvalue weighted by molar-refractivity contribution is 5.56. The summed E-state index contributed by atoms with van der Waals surface area (Å²) in [5.41, 5.74) is 1.87. The maximum absolute atomic E-state index is 10.8. The summed E-state index contributed by atoms with van der Waals surface area (Å²) in [6.45, 7) is 0. The maximum atomic E-state index is 10.8. The Morgan fingerprint density at radius 2 is 1.15 bits per heavy atom. The molecule has 0 amide bonds. The van der Waals surface area contributed by atoms with Crippen LogP contribution < -0.4 is 0 Å². The molecule has 27 heavy (non-hydrogen) atoms. The number of para-hydroxylation sites is 3. The van der Waals surface area contributed by atoms with Crippen molar-refractivity contribution in [1.82, 2.24) is 0 Å². The highest BCUT2D eigenvalue weighted by Gasteiger charge is 2.47. The van der Waals surface area contributed by atoms with E-state index in [-0.39, 0.29) is 23.2 Å². The smallest absolute Gasteiger partial charge is 0.119 e. The SMILES string of the molecule is Oc1ccccc1C1CCCCC1(c1ccccc1O)c1ccccc1O. The Morgan fingerprint density at radius 3 is 1.70 bits per heavy atom. The molecule has 138 valence electrons. The first-order valence-electron chi connectivity index (χ1n) is 9.49. The molecule has 3 N–H and O–H groups in total. The predicted octanol–water partition coefficient (Wildman–Crippen LogP) is 5.45. The fraction of sp³-hybridized carbons (Fsp3) is 0.250. The fourth-order valence-electron chi connectivity index (χ4n) is 4.87. The van der Waals surface area contributed by atoms with Gasteiger partial charge in [0.15, 0.2) is 0 Å². The van der Waals surface area contributed by atoms with Gasteiger partial charge in [-0.3, -0.25) is 0 Å². The first-order valence-corrected chi connectivity index (χ1v) is 9.49. The lowest BCUT2D eigenvalue weighted by molar-refractivity contribution is 0.273. The minimum Gasteiger partial charge on any atom is -0.508 e. The van der Waals surface area contributed by atoms with Crippen molar-refractivity contribution >= 4 is 0 Å². The Balaban J connectivity index is 2.04. The van der Waals surface area contributed by atoms with Gasteiger partial charge in [0, 0.05) is 22.5 Å². The van der Waals surface area contributed by atoms with Crippen molar-refractivity contribution in [3.05, 3.63) is 89.5 Å². The van der Waals surface area contributed by atoms with Crippen molar-refractivity contribution in [3.63, 3.8) is 0 Å². The van der Waals surface area contributed by atoms with Gasteiger partial charge in [-0.25, -0.2) is 0 Å². The van der Waals surface area contributed by atoms with Gasteiger partial charge in [0.2, 0.25) is 0 Å². The van der Waals surface area contributed by atoms with E-state index in [0.29, 0.717) is 0 Å². The molecule has 1 unspecified atom stereocenters. The molecule has 3 heteroatoms. The van der Waals surface area contributed by atoms with Crippen molar-refractivity contribution in [2.75, 3.05) is 0 Å². The third-order valence-electron chi connectivity index (χ3n) is 5.99. The molecule has 0 saturated heterocycles. The van der Waals surface area contributed by atoms with Gasteiger partial charge < -0.3 is 15.3 Å². The van der Waals surface area contributed by atoms with Gasteiger partial charge in [-0.05, 0) is 36.6 Å². The van der Waals surface area contributed by atoms with Crippen LogP contribution in [-0.2, 0) is 5.41 Å². The molecule has 3 aromatic rings. The molecule has 1 fully saturated rings. The van der Waals surface area contributed by atoms with Gasteiger partial charge in [-0.15, -0.1) is 0 Å². The van der Waals surface area contributed by atoms with Crippen LogP contribution in [0.4, 0.5) is 0 Å². The highest BCUT2D eigenvalue weighted by Crippen LogP contribution is 2.57. The van der Waals surface area contributed by atoms with E-state index in [1.165, 1.54) is 0 Å². The molecule has 0 heterocycles. The van der Waals surface area contributed by atoms with Crippen LogP contribution >= 0.6 is 0 Å². The van der Waals surface area contributed by atoms with Gasteiger partial charge >= 0.3 is 0 Å². The van der Waals surface area contributed by atoms with Gasteiger partial charge in [0.25, 0.3) is 0 Å². The molecule has 0 aliphatic heterocycles. The van der Waals surface area contributed by atoms with E-state index in [9.17, 15) is 15.3 Å². The van der Waals surface area contributed by atoms with Crippen LogP contribution in [0.15, 0.2) is 72.8 Å². The molecule has 0 radical (unpaired) electrons. The average molecular weight is 360 g/mol. The summed E-state index contributed by atoms with van der Waals surface area (Å²) in [6.07, 6.45) is 3.70. The topological polar surface area (TPSA) is 60.7 Å². The van der Waals surface area contributed by atoms with Crippen LogP contribution in [0, 0.1) is 0 Å². The Hall–Kier alpha value is -2.94. The highest BCUT2D eigenvalue weighted by atomic mass is 16.3. The van der Waals surface area contributed by atoms with Crippen LogP contribution in [0.2, 0.25) is 0 Å². The van der Waals surface area contributed by atoms with Crippen molar-refractivity contribution in [1.29, 1.82) is 0 Å². The average Bonchev–Trinajstić information content (AvgIpc) is 2.69. The van der Waals surface area contributed by atoms with Gasteiger partial charge in [-0.2, -0.15) is 0 Å². The van der Waals surface area contributed by atoms with E-state index in [4.69, 9.17) is 0 Å². The summed E-state index contributed by atoms with van der Waals surface area (Å²) < 4.78 is 0. The molecule has 1 atom stereocenters. The first kappa shape index (κ1) is 17.5. The molecule has 0 aromatic heterocycles. The van der Waals surface area contributed by atoms with Crippen LogP contribution in [0.25, 0.3) is 0 Å². The second kappa shape index (κ2) is 6.99. The van der Waals surface area contributed by atoms with Crippen molar-refractivity contribution in [3.8, 4) is 17.2 Å². The largest absolute Gasteiger partial charge is 0.508 e. The molecular weight excluding hydrogens is 336 g/mol. The van der Waals surface area contributed by atoms with Crippen LogP contribution in [0.3, 0.4) is 0 Å². The Bertz CT molecular complexity index is 902. The van der Waals surface area contributed by atoms with Gasteiger partial charge in [-0.1, -0.05) is 67.4 Å². The Kier molecular flexibility index (Phi) is 4.53.